The largest absolute Gasteiger partial charge is 0.273 e. The Hall–Kier alpha value is -5.05. The third-order valence-corrected chi connectivity index (χ3v) is 9.08. The summed E-state index contributed by atoms with van der Waals surface area (Å²) in [5, 5.41) is 7.97. The maximum absolute atomic E-state index is 3.83. The van der Waals surface area contributed by atoms with E-state index in [-0.39, 0.29) is 0 Å². The van der Waals surface area contributed by atoms with Crippen LogP contribution >= 0.6 is 11.3 Å². The van der Waals surface area contributed by atoms with Gasteiger partial charge in [-0.05, 0) is 87.5 Å². The molecule has 2 heteroatoms. The van der Waals surface area contributed by atoms with E-state index in [1.807, 2.05) is 24.3 Å². The van der Waals surface area contributed by atoms with Gasteiger partial charge in [-0.15, -0.1) is 11.3 Å². The maximum atomic E-state index is 3.83. The number of nitrogens with zero attached hydrogens (tertiary/aromatic N) is 1. The highest BCUT2D eigenvalue weighted by atomic mass is 32.1. The Morgan fingerprint density at radius 2 is 1.33 bits per heavy atom. The van der Waals surface area contributed by atoms with Crippen LogP contribution in [0.15, 0.2) is 151 Å². The molecule has 7 rings (SSSR count). The number of hydrogen-bond acceptors (Lipinski definition) is 2. The SMILES string of the molecule is C=N\C=C/C=C(\C=C\C)c1cccc(-c2cccc(-c3cccc4sc5c6ccccc6c6ccccc6c5c34)c2)c1. The minimum absolute atomic E-state index is 1.13. The monoisotopic (exact) mass is 555 g/mol. The Bertz CT molecular complexity index is 2220. The Morgan fingerprint density at radius 3 is 2.12 bits per heavy atom. The summed E-state index contributed by atoms with van der Waals surface area (Å²) in [5.74, 6) is 0. The van der Waals surface area contributed by atoms with Crippen molar-refractivity contribution >= 4 is 65.3 Å². The maximum Gasteiger partial charge on any atom is 0.0440 e. The molecule has 1 heterocycles. The van der Waals surface area contributed by atoms with E-state index in [0.29, 0.717) is 0 Å². The molecule has 6 aromatic carbocycles. The van der Waals surface area contributed by atoms with Crippen LogP contribution in [-0.2, 0) is 0 Å². The lowest BCUT2D eigenvalue weighted by Crippen LogP contribution is -1.86. The van der Waals surface area contributed by atoms with Gasteiger partial charge in [0.25, 0.3) is 0 Å². The molecule has 0 unspecified atom stereocenters. The van der Waals surface area contributed by atoms with Crippen molar-refractivity contribution < 1.29 is 0 Å². The summed E-state index contributed by atoms with van der Waals surface area (Å²) in [6.07, 6.45) is 9.89. The van der Waals surface area contributed by atoms with Crippen LogP contribution in [0.25, 0.3) is 69.5 Å². The predicted molar refractivity (Wildman–Crippen MR) is 187 cm³/mol. The third kappa shape index (κ3) is 4.47. The molecule has 7 aromatic rings. The van der Waals surface area contributed by atoms with Crippen molar-refractivity contribution in [2.24, 2.45) is 4.99 Å². The van der Waals surface area contributed by atoms with Crippen LogP contribution in [0, 0.1) is 0 Å². The number of thiophene rings is 1. The van der Waals surface area contributed by atoms with Gasteiger partial charge in [0, 0.05) is 31.8 Å². The average Bonchev–Trinajstić information content (AvgIpc) is 3.45. The van der Waals surface area contributed by atoms with E-state index in [1.165, 1.54) is 64.0 Å². The molecule has 0 fully saturated rings. The number of benzene rings is 6. The van der Waals surface area contributed by atoms with Crippen LogP contribution in [0.1, 0.15) is 12.5 Å². The number of allylic oxidation sites excluding steroid dienone is 5. The first-order valence-electron chi connectivity index (χ1n) is 14.2. The third-order valence-electron chi connectivity index (χ3n) is 7.89. The molecule has 1 nitrogen and oxygen atoms in total. The standard InChI is InChI=1S/C40H29NS/c1-3-12-27(17-11-24-41-2)28-13-8-14-29(25-28)30-15-9-16-31(26-30)32-22-10-23-37-38(32)39-35-20-6-4-18-33(35)34-19-5-7-21-36(34)40(39)42-37/h3-26H,2H2,1H3/b12-3+,24-11-,27-17+. The lowest BCUT2D eigenvalue weighted by Gasteiger charge is -2.11. The minimum Gasteiger partial charge on any atom is -0.273 e. The van der Waals surface area contributed by atoms with Crippen LogP contribution in [-0.4, -0.2) is 6.72 Å². The van der Waals surface area contributed by atoms with Crippen molar-refractivity contribution in [3.63, 3.8) is 0 Å². The highest BCUT2D eigenvalue weighted by Gasteiger charge is 2.17. The molecule has 0 spiro atoms. The molecule has 0 aliphatic carbocycles. The fourth-order valence-corrected chi connectivity index (χ4v) is 7.35. The molecule has 0 saturated heterocycles. The van der Waals surface area contributed by atoms with Gasteiger partial charge in [-0.2, -0.15) is 0 Å². The molecule has 42 heavy (non-hydrogen) atoms. The highest BCUT2D eigenvalue weighted by molar-refractivity contribution is 7.27. The molecule has 0 atom stereocenters. The van der Waals surface area contributed by atoms with Crippen LogP contribution in [0.3, 0.4) is 0 Å². The zero-order chi connectivity index (χ0) is 28.5. The summed E-state index contributed by atoms with van der Waals surface area (Å²) < 4.78 is 2.68. The van der Waals surface area contributed by atoms with Crippen molar-refractivity contribution in [2.45, 2.75) is 6.92 Å². The number of fused-ring (bicyclic) bond motifs is 8. The van der Waals surface area contributed by atoms with Gasteiger partial charge < -0.3 is 0 Å². The summed E-state index contributed by atoms with van der Waals surface area (Å²) in [6, 6.07) is 42.1. The zero-order valence-corrected chi connectivity index (χ0v) is 24.2. The molecule has 0 radical (unpaired) electrons. The van der Waals surface area contributed by atoms with E-state index in [9.17, 15) is 0 Å². The van der Waals surface area contributed by atoms with E-state index in [4.69, 9.17) is 0 Å². The van der Waals surface area contributed by atoms with Crippen molar-refractivity contribution in [2.75, 3.05) is 0 Å². The van der Waals surface area contributed by atoms with E-state index in [1.54, 1.807) is 6.20 Å². The minimum atomic E-state index is 1.13. The van der Waals surface area contributed by atoms with Gasteiger partial charge in [0.05, 0.1) is 0 Å². The summed E-state index contributed by atoms with van der Waals surface area (Å²) >= 11 is 1.90. The van der Waals surface area contributed by atoms with Gasteiger partial charge in [0.1, 0.15) is 0 Å². The van der Waals surface area contributed by atoms with Crippen molar-refractivity contribution in [1.82, 2.24) is 0 Å². The first-order chi connectivity index (χ1) is 20.8. The summed E-state index contributed by atoms with van der Waals surface area (Å²) in [7, 11) is 0. The fraction of sp³-hybridized carbons (Fsp3) is 0.0250. The molecular weight excluding hydrogens is 527 g/mol. The second kappa shape index (κ2) is 11.1. The predicted octanol–water partition coefficient (Wildman–Crippen LogP) is 11.9. The Labute approximate surface area is 250 Å². The zero-order valence-electron chi connectivity index (χ0n) is 23.4. The Morgan fingerprint density at radius 1 is 0.667 bits per heavy atom. The fourth-order valence-electron chi connectivity index (χ4n) is 6.07. The molecule has 0 N–H and O–H groups in total. The second-order valence-corrected chi connectivity index (χ2v) is 11.4. The van der Waals surface area contributed by atoms with E-state index in [0.717, 1.165) is 11.1 Å². The Kier molecular flexibility index (Phi) is 6.83. The van der Waals surface area contributed by atoms with E-state index in [2.05, 4.69) is 145 Å². The normalized spacial score (nSPS) is 12.5. The lowest BCUT2D eigenvalue weighted by atomic mass is 9.92. The number of rotatable bonds is 6. The number of aliphatic imine (C=N–C) groups is 1. The highest BCUT2D eigenvalue weighted by Crippen LogP contribution is 2.47. The summed E-state index contributed by atoms with van der Waals surface area (Å²) in [5.41, 5.74) is 7.18. The van der Waals surface area contributed by atoms with Gasteiger partial charge in [0.2, 0.25) is 0 Å². The lowest BCUT2D eigenvalue weighted by molar-refractivity contribution is 1.56. The first-order valence-corrected chi connectivity index (χ1v) is 15.0. The molecule has 200 valence electrons. The van der Waals surface area contributed by atoms with Crippen molar-refractivity contribution in [1.29, 1.82) is 0 Å². The first kappa shape index (κ1) is 25.9. The van der Waals surface area contributed by atoms with Crippen LogP contribution < -0.4 is 0 Å². The second-order valence-electron chi connectivity index (χ2n) is 10.4. The topological polar surface area (TPSA) is 12.4 Å². The molecule has 0 aliphatic rings. The number of hydrogen-bond donors (Lipinski definition) is 0. The average molecular weight is 556 g/mol. The van der Waals surface area contributed by atoms with Crippen molar-refractivity contribution in [3.05, 3.63) is 151 Å². The Balaban J connectivity index is 1.43. The van der Waals surface area contributed by atoms with Gasteiger partial charge in [0.15, 0.2) is 0 Å². The van der Waals surface area contributed by atoms with Crippen LogP contribution in [0.4, 0.5) is 0 Å². The molecule has 0 bridgehead atoms. The molecule has 0 amide bonds. The molecule has 0 saturated carbocycles. The smallest absolute Gasteiger partial charge is 0.0440 e. The van der Waals surface area contributed by atoms with Gasteiger partial charge in [-0.25, -0.2) is 0 Å². The quantitative estimate of drug-likeness (QED) is 0.110. The molecule has 1 aromatic heterocycles. The molecular formula is C40H29NS. The summed E-state index contributed by atoms with van der Waals surface area (Å²) in [4.78, 5) is 3.83. The van der Waals surface area contributed by atoms with Crippen LogP contribution in [0.5, 0.6) is 0 Å². The van der Waals surface area contributed by atoms with Gasteiger partial charge >= 0.3 is 0 Å². The van der Waals surface area contributed by atoms with E-state index < -0.39 is 0 Å². The van der Waals surface area contributed by atoms with Gasteiger partial charge in [-0.3, -0.25) is 4.99 Å². The molecule has 0 aliphatic heterocycles. The van der Waals surface area contributed by atoms with Gasteiger partial charge in [-0.1, -0.05) is 115 Å². The van der Waals surface area contributed by atoms with E-state index >= 15 is 0 Å². The van der Waals surface area contributed by atoms with Crippen molar-refractivity contribution in [3.8, 4) is 22.3 Å². The van der Waals surface area contributed by atoms with Crippen LogP contribution in [0.2, 0.25) is 0 Å². The summed E-state index contributed by atoms with van der Waals surface area (Å²) in [6.45, 7) is 5.58.